The van der Waals surface area contributed by atoms with Crippen LogP contribution >= 0.6 is 0 Å². The second-order valence-corrected chi connectivity index (χ2v) is 4.50. The highest BCUT2D eigenvalue weighted by atomic mass is 19.2. The zero-order valence-electron chi connectivity index (χ0n) is 9.53. The van der Waals surface area contributed by atoms with Crippen LogP contribution in [0.5, 0.6) is 0 Å². The van der Waals surface area contributed by atoms with Crippen molar-refractivity contribution in [3.63, 3.8) is 0 Å². The molecule has 0 spiro atoms. The highest BCUT2D eigenvalue weighted by molar-refractivity contribution is 5.18. The predicted octanol–water partition coefficient (Wildman–Crippen LogP) is 2.29. The summed E-state index contributed by atoms with van der Waals surface area (Å²) in [6.45, 7) is 1.29. The largest absolute Gasteiger partial charge is 0.392 e. The monoisotopic (exact) mass is 242 g/mol. The van der Waals surface area contributed by atoms with Crippen molar-refractivity contribution in [1.82, 2.24) is 0 Å². The number of ether oxygens (including phenoxy) is 1. The summed E-state index contributed by atoms with van der Waals surface area (Å²) in [4.78, 5) is 0. The molecule has 1 N–H and O–H groups in total. The van der Waals surface area contributed by atoms with Crippen molar-refractivity contribution in [3.8, 4) is 0 Å². The Kier molecular flexibility index (Phi) is 4.07. The fraction of sp³-hybridized carbons (Fsp3) is 0.538. The summed E-state index contributed by atoms with van der Waals surface area (Å²) in [5.41, 5.74) is 0.613. The molecule has 2 atom stereocenters. The smallest absolute Gasteiger partial charge is 0.159 e. The molecule has 1 saturated heterocycles. The number of hydrogen-bond acceptors (Lipinski definition) is 2. The molecule has 2 rings (SSSR count). The molecule has 1 fully saturated rings. The van der Waals surface area contributed by atoms with Gasteiger partial charge in [-0.3, -0.25) is 0 Å². The average Bonchev–Trinajstić information content (AvgIpc) is 2.35. The number of halogens is 2. The SMILES string of the molecule is OC(Cc1ccc(F)c(F)c1)C1CCCOC1. The first-order chi connectivity index (χ1) is 8.16. The number of aliphatic hydroxyl groups excluding tert-OH is 1. The molecule has 1 aliphatic rings. The molecular formula is C13H16F2O2. The van der Waals surface area contributed by atoms with Gasteiger partial charge in [-0.25, -0.2) is 8.78 Å². The van der Waals surface area contributed by atoms with Crippen LogP contribution in [0.1, 0.15) is 18.4 Å². The lowest BCUT2D eigenvalue weighted by molar-refractivity contribution is -0.00849. The van der Waals surface area contributed by atoms with Gasteiger partial charge in [0.2, 0.25) is 0 Å². The lowest BCUT2D eigenvalue weighted by Gasteiger charge is -2.26. The van der Waals surface area contributed by atoms with Gasteiger partial charge < -0.3 is 9.84 Å². The van der Waals surface area contributed by atoms with Crippen LogP contribution in [0.3, 0.4) is 0 Å². The summed E-state index contributed by atoms with van der Waals surface area (Å²) in [5, 5.41) is 9.99. The van der Waals surface area contributed by atoms with Gasteiger partial charge in [-0.1, -0.05) is 6.07 Å². The zero-order chi connectivity index (χ0) is 12.3. The third-order valence-electron chi connectivity index (χ3n) is 3.17. The molecular weight excluding hydrogens is 226 g/mol. The van der Waals surface area contributed by atoms with E-state index in [0.717, 1.165) is 31.6 Å². The molecule has 4 heteroatoms. The molecule has 0 amide bonds. The van der Waals surface area contributed by atoms with Gasteiger partial charge >= 0.3 is 0 Å². The maximum atomic E-state index is 13.0. The first-order valence-corrected chi connectivity index (χ1v) is 5.86. The van der Waals surface area contributed by atoms with Gasteiger partial charge in [-0.2, -0.15) is 0 Å². The van der Waals surface area contributed by atoms with E-state index in [1.165, 1.54) is 6.07 Å². The molecule has 1 aromatic carbocycles. The van der Waals surface area contributed by atoms with E-state index in [2.05, 4.69) is 0 Å². The van der Waals surface area contributed by atoms with Gasteiger partial charge in [0.1, 0.15) is 0 Å². The molecule has 2 unspecified atom stereocenters. The fourth-order valence-electron chi connectivity index (χ4n) is 2.14. The van der Waals surface area contributed by atoms with Gasteiger partial charge in [-0.05, 0) is 37.0 Å². The Hall–Kier alpha value is -1.00. The number of hydrogen-bond donors (Lipinski definition) is 1. The van der Waals surface area contributed by atoms with Crippen LogP contribution in [-0.4, -0.2) is 24.4 Å². The maximum absolute atomic E-state index is 13.0. The van der Waals surface area contributed by atoms with Crippen molar-refractivity contribution in [2.45, 2.75) is 25.4 Å². The maximum Gasteiger partial charge on any atom is 0.159 e. The molecule has 0 aromatic heterocycles. The Morgan fingerprint density at radius 3 is 2.82 bits per heavy atom. The lowest BCUT2D eigenvalue weighted by atomic mass is 9.91. The number of benzene rings is 1. The summed E-state index contributed by atoms with van der Waals surface area (Å²) < 4.78 is 31.0. The minimum atomic E-state index is -0.866. The van der Waals surface area contributed by atoms with Crippen LogP contribution in [0.4, 0.5) is 8.78 Å². The van der Waals surface area contributed by atoms with Crippen LogP contribution in [0.15, 0.2) is 18.2 Å². The molecule has 94 valence electrons. The van der Waals surface area contributed by atoms with Crippen molar-refractivity contribution in [2.24, 2.45) is 5.92 Å². The van der Waals surface area contributed by atoms with Crippen molar-refractivity contribution in [3.05, 3.63) is 35.4 Å². The highest BCUT2D eigenvalue weighted by Gasteiger charge is 2.22. The normalized spacial score (nSPS) is 22.4. The Labute approximate surface area is 99.2 Å². The van der Waals surface area contributed by atoms with E-state index in [4.69, 9.17) is 4.74 Å². The first kappa shape index (κ1) is 12.5. The van der Waals surface area contributed by atoms with E-state index in [-0.39, 0.29) is 5.92 Å². The summed E-state index contributed by atoms with van der Waals surface area (Å²) >= 11 is 0. The second kappa shape index (κ2) is 5.56. The Balaban J connectivity index is 1.96. The summed E-state index contributed by atoms with van der Waals surface area (Å²) in [6.07, 6.45) is 1.65. The Bertz CT molecular complexity index is 376. The van der Waals surface area contributed by atoms with Gasteiger partial charge in [0, 0.05) is 12.5 Å². The van der Waals surface area contributed by atoms with Gasteiger partial charge in [-0.15, -0.1) is 0 Å². The average molecular weight is 242 g/mol. The van der Waals surface area contributed by atoms with Crippen LogP contribution < -0.4 is 0 Å². The molecule has 2 nitrogen and oxygen atoms in total. The standard InChI is InChI=1S/C13H16F2O2/c14-11-4-3-9(6-12(11)15)7-13(16)10-2-1-5-17-8-10/h3-4,6,10,13,16H,1-2,5,7-8H2. The van der Waals surface area contributed by atoms with E-state index >= 15 is 0 Å². The van der Waals surface area contributed by atoms with Crippen LogP contribution in [0.2, 0.25) is 0 Å². The van der Waals surface area contributed by atoms with Gasteiger partial charge in [0.25, 0.3) is 0 Å². The van der Waals surface area contributed by atoms with Crippen LogP contribution in [0, 0.1) is 17.6 Å². The van der Waals surface area contributed by atoms with E-state index in [1.54, 1.807) is 0 Å². The fourth-order valence-corrected chi connectivity index (χ4v) is 2.14. The van der Waals surface area contributed by atoms with E-state index in [1.807, 2.05) is 0 Å². The highest BCUT2D eigenvalue weighted by Crippen LogP contribution is 2.21. The summed E-state index contributed by atoms with van der Waals surface area (Å²) in [5.74, 6) is -1.63. The summed E-state index contributed by atoms with van der Waals surface area (Å²) in [6, 6.07) is 3.74. The zero-order valence-corrected chi connectivity index (χ0v) is 9.53. The van der Waals surface area contributed by atoms with E-state index in [9.17, 15) is 13.9 Å². The number of aliphatic hydroxyl groups is 1. The second-order valence-electron chi connectivity index (χ2n) is 4.50. The van der Waals surface area contributed by atoms with Crippen molar-refractivity contribution >= 4 is 0 Å². The van der Waals surface area contributed by atoms with E-state index < -0.39 is 17.7 Å². The minimum absolute atomic E-state index is 0.0943. The topological polar surface area (TPSA) is 29.5 Å². The van der Waals surface area contributed by atoms with Crippen molar-refractivity contribution in [1.29, 1.82) is 0 Å². The quantitative estimate of drug-likeness (QED) is 0.881. The van der Waals surface area contributed by atoms with Crippen LogP contribution in [-0.2, 0) is 11.2 Å². The molecule has 0 bridgehead atoms. The lowest BCUT2D eigenvalue weighted by Crippen LogP contribution is -2.30. The van der Waals surface area contributed by atoms with Gasteiger partial charge in [0.15, 0.2) is 11.6 Å². The first-order valence-electron chi connectivity index (χ1n) is 5.86. The van der Waals surface area contributed by atoms with Crippen LogP contribution in [0.25, 0.3) is 0 Å². The molecule has 0 aliphatic carbocycles. The Morgan fingerprint density at radius 2 is 2.18 bits per heavy atom. The Morgan fingerprint density at radius 1 is 1.35 bits per heavy atom. The van der Waals surface area contributed by atoms with Crippen molar-refractivity contribution in [2.75, 3.05) is 13.2 Å². The molecule has 1 heterocycles. The minimum Gasteiger partial charge on any atom is -0.392 e. The van der Waals surface area contributed by atoms with Crippen molar-refractivity contribution < 1.29 is 18.6 Å². The molecule has 1 aliphatic heterocycles. The third kappa shape index (κ3) is 3.23. The molecule has 1 aromatic rings. The molecule has 0 saturated carbocycles. The van der Waals surface area contributed by atoms with E-state index in [0.29, 0.717) is 18.6 Å². The predicted molar refractivity (Wildman–Crippen MR) is 59.6 cm³/mol. The molecule has 17 heavy (non-hydrogen) atoms. The van der Waals surface area contributed by atoms with Gasteiger partial charge in [0.05, 0.1) is 12.7 Å². The number of rotatable bonds is 3. The summed E-state index contributed by atoms with van der Waals surface area (Å²) in [7, 11) is 0. The third-order valence-corrected chi connectivity index (χ3v) is 3.17. The molecule has 0 radical (unpaired) electrons.